The Morgan fingerprint density at radius 1 is 1.22 bits per heavy atom. The van der Waals surface area contributed by atoms with E-state index < -0.39 is 0 Å². The van der Waals surface area contributed by atoms with Crippen molar-refractivity contribution in [1.29, 1.82) is 0 Å². The highest BCUT2D eigenvalue weighted by molar-refractivity contribution is 6.30. The minimum absolute atomic E-state index is 0.322. The van der Waals surface area contributed by atoms with Crippen molar-refractivity contribution >= 4 is 11.6 Å². The summed E-state index contributed by atoms with van der Waals surface area (Å²) in [6.07, 6.45) is 2.44. The smallest absolute Gasteiger partial charge is 0.0518 e. The molecule has 0 saturated heterocycles. The molecule has 1 aromatic carbocycles. The molecular weight excluding hydrogens is 246 g/mol. The zero-order chi connectivity index (χ0) is 13.4. The van der Waals surface area contributed by atoms with Gasteiger partial charge >= 0.3 is 0 Å². The van der Waals surface area contributed by atoms with E-state index in [2.05, 4.69) is 38.2 Å². The third-order valence-corrected chi connectivity index (χ3v) is 3.10. The van der Waals surface area contributed by atoms with E-state index in [0.29, 0.717) is 12.1 Å². The van der Waals surface area contributed by atoms with Crippen molar-refractivity contribution in [1.82, 2.24) is 5.32 Å². The molecule has 1 unspecified atom stereocenters. The molecule has 1 aromatic rings. The summed E-state index contributed by atoms with van der Waals surface area (Å²) in [5.74, 6) is 0. The predicted molar refractivity (Wildman–Crippen MR) is 78.2 cm³/mol. The van der Waals surface area contributed by atoms with Crippen LogP contribution in [0.15, 0.2) is 24.3 Å². The van der Waals surface area contributed by atoms with Crippen molar-refractivity contribution in [2.24, 2.45) is 0 Å². The van der Waals surface area contributed by atoms with Gasteiger partial charge in [0.25, 0.3) is 0 Å². The molecule has 0 aliphatic rings. The first kappa shape index (κ1) is 15.5. The fourth-order valence-electron chi connectivity index (χ4n) is 1.86. The van der Waals surface area contributed by atoms with Gasteiger partial charge in [0, 0.05) is 17.7 Å². The van der Waals surface area contributed by atoms with E-state index in [4.69, 9.17) is 16.3 Å². The summed E-state index contributed by atoms with van der Waals surface area (Å²) in [6.45, 7) is 8.12. The Labute approximate surface area is 116 Å². The van der Waals surface area contributed by atoms with Crippen molar-refractivity contribution < 1.29 is 4.74 Å². The van der Waals surface area contributed by atoms with Crippen molar-refractivity contribution in [2.45, 2.75) is 45.8 Å². The largest absolute Gasteiger partial charge is 0.379 e. The summed E-state index contributed by atoms with van der Waals surface area (Å²) in [6, 6.07) is 8.48. The Hall–Kier alpha value is -0.570. The molecule has 0 bridgehead atoms. The number of nitrogens with one attached hydrogen (secondary N) is 1. The Kier molecular flexibility index (Phi) is 7.33. The number of rotatable bonds is 8. The van der Waals surface area contributed by atoms with E-state index in [1.165, 1.54) is 5.56 Å². The molecule has 1 rings (SSSR count). The molecule has 102 valence electrons. The first-order valence-electron chi connectivity index (χ1n) is 6.74. The molecule has 2 nitrogen and oxygen atoms in total. The summed E-state index contributed by atoms with van der Waals surface area (Å²) in [4.78, 5) is 0. The fourth-order valence-corrected chi connectivity index (χ4v) is 1.99. The van der Waals surface area contributed by atoms with Crippen LogP contribution in [-0.4, -0.2) is 19.3 Å². The SMILES string of the molecule is CCC(NCCCOC(C)C)c1ccc(Cl)cc1. The second-order valence-corrected chi connectivity index (χ2v) is 5.18. The Morgan fingerprint density at radius 3 is 2.44 bits per heavy atom. The average Bonchev–Trinajstić information content (AvgIpc) is 2.35. The lowest BCUT2D eigenvalue weighted by molar-refractivity contribution is 0.0767. The van der Waals surface area contributed by atoms with Gasteiger partial charge in [0.1, 0.15) is 0 Å². The highest BCUT2D eigenvalue weighted by Gasteiger charge is 2.07. The second kappa shape index (κ2) is 8.52. The highest BCUT2D eigenvalue weighted by Crippen LogP contribution is 2.18. The van der Waals surface area contributed by atoms with Gasteiger partial charge in [-0.2, -0.15) is 0 Å². The Balaban J connectivity index is 2.31. The molecule has 0 aliphatic carbocycles. The summed E-state index contributed by atoms with van der Waals surface area (Å²) >= 11 is 5.90. The molecule has 0 fully saturated rings. The minimum Gasteiger partial charge on any atom is -0.379 e. The van der Waals surface area contributed by atoms with Crippen molar-refractivity contribution in [3.05, 3.63) is 34.9 Å². The number of hydrogen-bond donors (Lipinski definition) is 1. The van der Waals surface area contributed by atoms with E-state index in [1.807, 2.05) is 12.1 Å². The van der Waals surface area contributed by atoms with Crippen LogP contribution in [0.5, 0.6) is 0 Å². The first-order chi connectivity index (χ1) is 8.63. The van der Waals surface area contributed by atoms with E-state index in [9.17, 15) is 0 Å². The van der Waals surface area contributed by atoms with E-state index >= 15 is 0 Å². The van der Waals surface area contributed by atoms with Crippen LogP contribution in [0, 0.1) is 0 Å². The minimum atomic E-state index is 0.322. The fraction of sp³-hybridized carbons (Fsp3) is 0.600. The maximum absolute atomic E-state index is 5.90. The van der Waals surface area contributed by atoms with Crippen molar-refractivity contribution in [3.8, 4) is 0 Å². The van der Waals surface area contributed by atoms with Crippen LogP contribution in [0.3, 0.4) is 0 Å². The lowest BCUT2D eigenvalue weighted by Crippen LogP contribution is -2.23. The zero-order valence-electron chi connectivity index (χ0n) is 11.6. The van der Waals surface area contributed by atoms with Crippen LogP contribution < -0.4 is 5.32 Å². The van der Waals surface area contributed by atoms with Crippen LogP contribution in [0.1, 0.15) is 45.2 Å². The molecule has 0 heterocycles. The first-order valence-corrected chi connectivity index (χ1v) is 7.11. The number of hydrogen-bond acceptors (Lipinski definition) is 2. The van der Waals surface area contributed by atoms with Gasteiger partial charge in [-0.25, -0.2) is 0 Å². The van der Waals surface area contributed by atoms with Gasteiger partial charge in [-0.1, -0.05) is 30.7 Å². The molecule has 0 spiro atoms. The zero-order valence-corrected chi connectivity index (χ0v) is 12.3. The standard InChI is InChI=1S/C15H24ClNO/c1-4-15(13-6-8-14(16)9-7-13)17-10-5-11-18-12(2)3/h6-9,12,15,17H,4-5,10-11H2,1-3H3. The third kappa shape index (κ3) is 5.85. The van der Waals surface area contributed by atoms with Gasteiger partial charge in [0.05, 0.1) is 6.10 Å². The van der Waals surface area contributed by atoms with Gasteiger partial charge in [-0.05, 0) is 50.9 Å². The van der Waals surface area contributed by atoms with Gasteiger partial charge in [0.15, 0.2) is 0 Å². The molecule has 0 amide bonds. The molecule has 0 aliphatic heterocycles. The van der Waals surface area contributed by atoms with Gasteiger partial charge in [0.2, 0.25) is 0 Å². The van der Waals surface area contributed by atoms with E-state index in [1.54, 1.807) is 0 Å². The maximum atomic E-state index is 5.90. The van der Waals surface area contributed by atoms with Gasteiger partial charge in [-0.15, -0.1) is 0 Å². The number of halogens is 1. The lowest BCUT2D eigenvalue weighted by Gasteiger charge is -2.17. The highest BCUT2D eigenvalue weighted by atomic mass is 35.5. The lowest BCUT2D eigenvalue weighted by atomic mass is 10.0. The van der Waals surface area contributed by atoms with Crippen LogP contribution >= 0.6 is 11.6 Å². The predicted octanol–water partition coefficient (Wildman–Crippen LogP) is 4.20. The Morgan fingerprint density at radius 2 is 1.89 bits per heavy atom. The van der Waals surface area contributed by atoms with E-state index in [0.717, 1.165) is 31.0 Å². The molecule has 3 heteroatoms. The van der Waals surface area contributed by atoms with Gasteiger partial charge < -0.3 is 10.1 Å². The molecule has 0 saturated carbocycles. The molecule has 0 aromatic heterocycles. The summed E-state index contributed by atoms with van der Waals surface area (Å²) < 4.78 is 5.52. The normalized spacial score (nSPS) is 12.9. The molecular formula is C15H24ClNO. The molecule has 1 N–H and O–H groups in total. The number of ether oxygens (including phenoxy) is 1. The molecule has 18 heavy (non-hydrogen) atoms. The molecule has 0 radical (unpaired) electrons. The quantitative estimate of drug-likeness (QED) is 0.715. The van der Waals surface area contributed by atoms with Gasteiger partial charge in [-0.3, -0.25) is 0 Å². The van der Waals surface area contributed by atoms with Crippen LogP contribution in [0.4, 0.5) is 0 Å². The van der Waals surface area contributed by atoms with Crippen LogP contribution in [0.25, 0.3) is 0 Å². The van der Waals surface area contributed by atoms with Crippen molar-refractivity contribution in [3.63, 3.8) is 0 Å². The summed E-state index contributed by atoms with van der Waals surface area (Å²) in [7, 11) is 0. The number of benzene rings is 1. The van der Waals surface area contributed by atoms with Crippen LogP contribution in [0.2, 0.25) is 5.02 Å². The third-order valence-electron chi connectivity index (χ3n) is 2.84. The average molecular weight is 270 g/mol. The topological polar surface area (TPSA) is 21.3 Å². The monoisotopic (exact) mass is 269 g/mol. The van der Waals surface area contributed by atoms with E-state index in [-0.39, 0.29) is 0 Å². The molecule has 1 atom stereocenters. The second-order valence-electron chi connectivity index (χ2n) is 4.74. The summed E-state index contributed by atoms with van der Waals surface area (Å²) in [5, 5.41) is 4.35. The summed E-state index contributed by atoms with van der Waals surface area (Å²) in [5.41, 5.74) is 1.30. The Bertz CT molecular complexity index is 324. The maximum Gasteiger partial charge on any atom is 0.0518 e. The van der Waals surface area contributed by atoms with Crippen molar-refractivity contribution in [2.75, 3.05) is 13.2 Å². The van der Waals surface area contributed by atoms with Crippen LogP contribution in [-0.2, 0) is 4.74 Å².